The quantitative estimate of drug-likeness (QED) is 0.595. The molecule has 0 bridgehead atoms. The second-order valence-corrected chi connectivity index (χ2v) is 7.74. The minimum Gasteiger partial charge on any atom is -0.335 e. The molecule has 0 spiro atoms. The number of carbonyl (C=O) groups excluding carboxylic acids is 1. The Balaban J connectivity index is 3.05. The van der Waals surface area contributed by atoms with Crippen LogP contribution in [0.1, 0.15) is 72.3 Å². The lowest BCUT2D eigenvalue weighted by Crippen LogP contribution is -2.41. The molecule has 1 aromatic rings. The van der Waals surface area contributed by atoms with Gasteiger partial charge in [0.15, 0.2) is 11.6 Å². The predicted octanol–water partition coefficient (Wildman–Crippen LogP) is 5.70. The fourth-order valence-corrected chi connectivity index (χ4v) is 2.93. The number of carbonyl (C=O) groups is 1. The van der Waals surface area contributed by atoms with E-state index in [9.17, 15) is 13.6 Å². The molecule has 0 N–H and O–H groups in total. The lowest BCUT2D eigenvalue weighted by molar-refractivity contribution is -0.136. The first-order valence-corrected chi connectivity index (χ1v) is 8.91. The molecule has 0 aromatic heterocycles. The molecular weight excluding hydrogens is 308 g/mol. The van der Waals surface area contributed by atoms with Crippen LogP contribution < -0.4 is 0 Å². The molecule has 0 aliphatic carbocycles. The zero-order chi connectivity index (χ0) is 18.3. The Morgan fingerprint density at radius 1 is 1.08 bits per heavy atom. The number of hydrogen-bond acceptors (Lipinski definition) is 1. The highest BCUT2D eigenvalue weighted by Crippen LogP contribution is 2.25. The Labute approximate surface area is 145 Å². The van der Waals surface area contributed by atoms with Gasteiger partial charge in [-0.15, -0.1) is 0 Å². The van der Waals surface area contributed by atoms with E-state index in [0.29, 0.717) is 18.5 Å². The summed E-state index contributed by atoms with van der Waals surface area (Å²) in [7, 11) is 0. The SMILES string of the molecule is CCCC(CCC)N(Cc1ccc(F)c(F)c1)C(=O)CC(C)(C)C. The Morgan fingerprint density at radius 3 is 2.12 bits per heavy atom. The monoisotopic (exact) mass is 339 g/mol. The van der Waals surface area contributed by atoms with Gasteiger partial charge in [0, 0.05) is 19.0 Å². The van der Waals surface area contributed by atoms with Crippen molar-refractivity contribution in [2.45, 2.75) is 79.3 Å². The third-order valence-electron chi connectivity index (χ3n) is 4.02. The predicted molar refractivity (Wildman–Crippen MR) is 94.6 cm³/mol. The van der Waals surface area contributed by atoms with E-state index in [1.807, 2.05) is 25.7 Å². The smallest absolute Gasteiger partial charge is 0.223 e. The molecule has 0 saturated heterocycles. The van der Waals surface area contributed by atoms with Gasteiger partial charge in [-0.25, -0.2) is 8.78 Å². The molecule has 4 heteroatoms. The third-order valence-corrected chi connectivity index (χ3v) is 4.02. The Bertz CT molecular complexity index is 531. The van der Waals surface area contributed by atoms with Gasteiger partial charge in [0.25, 0.3) is 0 Å². The van der Waals surface area contributed by atoms with E-state index in [2.05, 4.69) is 13.8 Å². The van der Waals surface area contributed by atoms with E-state index in [1.54, 1.807) is 6.07 Å². The van der Waals surface area contributed by atoms with Crippen molar-refractivity contribution in [1.82, 2.24) is 4.90 Å². The highest BCUT2D eigenvalue weighted by Gasteiger charge is 2.26. The summed E-state index contributed by atoms with van der Waals surface area (Å²) in [4.78, 5) is 14.7. The summed E-state index contributed by atoms with van der Waals surface area (Å²) in [5, 5.41) is 0. The lowest BCUT2D eigenvalue weighted by atomic mass is 9.90. The van der Waals surface area contributed by atoms with Crippen LogP contribution in [0, 0.1) is 17.0 Å². The maximum absolute atomic E-state index is 13.5. The Morgan fingerprint density at radius 2 is 1.67 bits per heavy atom. The van der Waals surface area contributed by atoms with Crippen LogP contribution in [-0.4, -0.2) is 16.8 Å². The molecule has 24 heavy (non-hydrogen) atoms. The van der Waals surface area contributed by atoms with E-state index in [4.69, 9.17) is 0 Å². The van der Waals surface area contributed by atoms with Gasteiger partial charge >= 0.3 is 0 Å². The van der Waals surface area contributed by atoms with Gasteiger partial charge in [0.2, 0.25) is 5.91 Å². The van der Waals surface area contributed by atoms with Crippen LogP contribution >= 0.6 is 0 Å². The number of hydrogen-bond donors (Lipinski definition) is 0. The van der Waals surface area contributed by atoms with E-state index in [0.717, 1.165) is 31.7 Å². The average molecular weight is 339 g/mol. The van der Waals surface area contributed by atoms with Crippen LogP contribution in [0.15, 0.2) is 18.2 Å². The topological polar surface area (TPSA) is 20.3 Å². The first-order chi connectivity index (χ1) is 11.2. The normalized spacial score (nSPS) is 11.8. The van der Waals surface area contributed by atoms with Crippen LogP contribution in [0.5, 0.6) is 0 Å². The second kappa shape index (κ2) is 9.14. The lowest BCUT2D eigenvalue weighted by Gasteiger charge is -2.34. The second-order valence-electron chi connectivity index (χ2n) is 7.74. The first kappa shape index (κ1) is 20.6. The number of benzene rings is 1. The summed E-state index contributed by atoms with van der Waals surface area (Å²) >= 11 is 0. The minimum atomic E-state index is -0.863. The average Bonchev–Trinajstić information content (AvgIpc) is 2.46. The molecule has 0 heterocycles. The van der Waals surface area contributed by atoms with Gasteiger partial charge < -0.3 is 4.90 Å². The van der Waals surface area contributed by atoms with E-state index in [1.165, 1.54) is 6.07 Å². The fourth-order valence-electron chi connectivity index (χ4n) is 2.93. The maximum atomic E-state index is 13.5. The minimum absolute atomic E-state index is 0.0825. The van der Waals surface area contributed by atoms with Crippen molar-refractivity contribution in [3.05, 3.63) is 35.4 Å². The van der Waals surface area contributed by atoms with Gasteiger partial charge in [0.05, 0.1) is 0 Å². The molecule has 1 rings (SSSR count). The van der Waals surface area contributed by atoms with Gasteiger partial charge in [-0.1, -0.05) is 53.5 Å². The summed E-state index contributed by atoms with van der Waals surface area (Å²) in [6.07, 6.45) is 4.27. The standard InChI is InChI=1S/C20H31F2NO/c1-6-8-16(9-7-2)23(19(24)13-20(3,4)5)14-15-10-11-17(21)18(22)12-15/h10-12,16H,6-9,13-14H2,1-5H3. The van der Waals surface area contributed by atoms with Crippen molar-refractivity contribution in [2.24, 2.45) is 5.41 Å². The van der Waals surface area contributed by atoms with Crippen molar-refractivity contribution in [3.8, 4) is 0 Å². The van der Waals surface area contributed by atoms with Gasteiger partial charge in [-0.3, -0.25) is 4.79 Å². The highest BCUT2D eigenvalue weighted by atomic mass is 19.2. The molecule has 0 aliphatic heterocycles. The number of nitrogens with zero attached hydrogens (tertiary/aromatic N) is 1. The molecular formula is C20H31F2NO. The summed E-state index contributed by atoms with van der Waals surface area (Å²) < 4.78 is 26.7. The summed E-state index contributed by atoms with van der Waals surface area (Å²) in [5.74, 6) is -1.64. The molecule has 136 valence electrons. The van der Waals surface area contributed by atoms with E-state index in [-0.39, 0.29) is 17.4 Å². The number of rotatable bonds is 8. The summed E-state index contributed by atoms with van der Waals surface area (Å²) in [5.41, 5.74) is 0.528. The zero-order valence-electron chi connectivity index (χ0n) is 15.7. The van der Waals surface area contributed by atoms with Crippen LogP contribution in [-0.2, 0) is 11.3 Å². The van der Waals surface area contributed by atoms with Crippen LogP contribution in [0.3, 0.4) is 0 Å². The van der Waals surface area contributed by atoms with Crippen LogP contribution in [0.2, 0.25) is 0 Å². The van der Waals surface area contributed by atoms with Crippen LogP contribution in [0.25, 0.3) is 0 Å². The summed E-state index contributed by atoms with van der Waals surface area (Å²) in [6.45, 7) is 10.6. The van der Waals surface area contributed by atoms with E-state index < -0.39 is 11.6 Å². The van der Waals surface area contributed by atoms with Crippen LogP contribution in [0.4, 0.5) is 8.78 Å². The van der Waals surface area contributed by atoms with E-state index >= 15 is 0 Å². The zero-order valence-corrected chi connectivity index (χ0v) is 15.7. The molecule has 0 radical (unpaired) electrons. The van der Waals surface area contributed by atoms with Crippen molar-refractivity contribution in [1.29, 1.82) is 0 Å². The van der Waals surface area contributed by atoms with Crippen molar-refractivity contribution in [3.63, 3.8) is 0 Å². The van der Waals surface area contributed by atoms with Crippen molar-refractivity contribution >= 4 is 5.91 Å². The molecule has 0 unspecified atom stereocenters. The number of halogens is 2. The fraction of sp³-hybridized carbons (Fsp3) is 0.650. The largest absolute Gasteiger partial charge is 0.335 e. The molecule has 1 amide bonds. The third kappa shape index (κ3) is 6.58. The van der Waals surface area contributed by atoms with Gasteiger partial charge in [0.1, 0.15) is 0 Å². The summed E-state index contributed by atoms with van der Waals surface area (Å²) in [6, 6.07) is 4.03. The molecule has 0 aliphatic rings. The highest BCUT2D eigenvalue weighted by molar-refractivity contribution is 5.77. The van der Waals surface area contributed by atoms with Crippen molar-refractivity contribution < 1.29 is 13.6 Å². The number of amides is 1. The molecule has 0 fully saturated rings. The van der Waals surface area contributed by atoms with Gasteiger partial charge in [-0.2, -0.15) is 0 Å². The Hall–Kier alpha value is -1.45. The molecule has 2 nitrogen and oxygen atoms in total. The maximum Gasteiger partial charge on any atom is 0.223 e. The molecule has 1 aromatic carbocycles. The first-order valence-electron chi connectivity index (χ1n) is 8.91. The molecule has 0 atom stereocenters. The van der Waals surface area contributed by atoms with Crippen molar-refractivity contribution in [2.75, 3.05) is 0 Å². The molecule has 0 saturated carbocycles. The van der Waals surface area contributed by atoms with Gasteiger partial charge in [-0.05, 0) is 36.0 Å². The Kier molecular flexibility index (Phi) is 7.85.